The lowest BCUT2D eigenvalue weighted by molar-refractivity contribution is -0.125. The molecular weight excluding hydrogens is 334 g/mol. The van der Waals surface area contributed by atoms with Gasteiger partial charge in [-0.15, -0.1) is 0 Å². The topological polar surface area (TPSA) is 35.9 Å². The normalized spacial score (nSPS) is 13.6. The SMILES string of the molecule is O=C1CN=C(N(Cc2ccccc2)c2ccccc2)N1Cc1ccccc1. The van der Waals surface area contributed by atoms with Crippen LogP contribution in [0.4, 0.5) is 5.69 Å². The van der Waals surface area contributed by atoms with Crippen LogP contribution in [0.1, 0.15) is 11.1 Å². The summed E-state index contributed by atoms with van der Waals surface area (Å²) < 4.78 is 0. The number of anilines is 1. The molecule has 0 fully saturated rings. The quantitative estimate of drug-likeness (QED) is 0.691. The average Bonchev–Trinajstić information content (AvgIpc) is 3.08. The third-order valence-electron chi connectivity index (χ3n) is 4.57. The van der Waals surface area contributed by atoms with Crippen molar-refractivity contribution in [2.24, 2.45) is 4.99 Å². The number of rotatable bonds is 5. The smallest absolute Gasteiger partial charge is 0.251 e. The number of aliphatic imine (C=N–C) groups is 1. The number of amides is 1. The molecule has 1 heterocycles. The Kier molecular flexibility index (Phi) is 4.97. The van der Waals surface area contributed by atoms with Gasteiger partial charge in [-0.3, -0.25) is 9.69 Å². The molecule has 0 saturated carbocycles. The van der Waals surface area contributed by atoms with Gasteiger partial charge in [0, 0.05) is 5.69 Å². The van der Waals surface area contributed by atoms with E-state index in [0.29, 0.717) is 19.0 Å². The third-order valence-corrected chi connectivity index (χ3v) is 4.57. The first-order valence-corrected chi connectivity index (χ1v) is 9.06. The minimum atomic E-state index is 0.0304. The average molecular weight is 355 g/mol. The van der Waals surface area contributed by atoms with E-state index in [4.69, 9.17) is 0 Å². The third kappa shape index (κ3) is 3.90. The summed E-state index contributed by atoms with van der Waals surface area (Å²) in [5, 5.41) is 0. The van der Waals surface area contributed by atoms with Crippen molar-refractivity contribution in [1.29, 1.82) is 0 Å². The van der Waals surface area contributed by atoms with E-state index in [1.807, 2.05) is 66.7 Å². The van der Waals surface area contributed by atoms with Crippen LogP contribution in [-0.2, 0) is 17.9 Å². The van der Waals surface area contributed by atoms with Gasteiger partial charge in [0.25, 0.3) is 5.91 Å². The molecule has 1 aliphatic heterocycles. The molecule has 1 amide bonds. The van der Waals surface area contributed by atoms with E-state index in [1.54, 1.807) is 4.90 Å². The monoisotopic (exact) mass is 355 g/mol. The van der Waals surface area contributed by atoms with Crippen LogP contribution in [0.3, 0.4) is 0 Å². The van der Waals surface area contributed by atoms with Crippen molar-refractivity contribution in [3.8, 4) is 0 Å². The van der Waals surface area contributed by atoms with Gasteiger partial charge >= 0.3 is 0 Å². The van der Waals surface area contributed by atoms with Crippen LogP contribution >= 0.6 is 0 Å². The van der Waals surface area contributed by atoms with E-state index in [1.165, 1.54) is 5.56 Å². The van der Waals surface area contributed by atoms with Gasteiger partial charge in [0.15, 0.2) is 0 Å². The molecule has 0 aliphatic carbocycles. The molecular formula is C23H21N3O. The van der Waals surface area contributed by atoms with Crippen LogP contribution in [0.25, 0.3) is 0 Å². The minimum absolute atomic E-state index is 0.0304. The molecule has 1 aliphatic rings. The summed E-state index contributed by atoms with van der Waals surface area (Å²) in [6, 6.07) is 30.4. The zero-order valence-corrected chi connectivity index (χ0v) is 15.0. The van der Waals surface area contributed by atoms with Crippen molar-refractivity contribution >= 4 is 17.6 Å². The van der Waals surface area contributed by atoms with Crippen LogP contribution in [0, 0.1) is 0 Å². The number of guanidine groups is 1. The first kappa shape index (κ1) is 17.0. The first-order valence-electron chi connectivity index (χ1n) is 9.06. The highest BCUT2D eigenvalue weighted by atomic mass is 16.2. The molecule has 27 heavy (non-hydrogen) atoms. The van der Waals surface area contributed by atoms with Gasteiger partial charge in [0.1, 0.15) is 6.54 Å². The Bertz CT molecular complexity index is 924. The largest absolute Gasteiger partial charge is 0.308 e. The summed E-state index contributed by atoms with van der Waals surface area (Å²) >= 11 is 0. The number of hydrogen-bond donors (Lipinski definition) is 0. The van der Waals surface area contributed by atoms with Crippen molar-refractivity contribution in [1.82, 2.24) is 4.90 Å². The van der Waals surface area contributed by atoms with Gasteiger partial charge in [-0.2, -0.15) is 0 Å². The van der Waals surface area contributed by atoms with E-state index in [0.717, 1.165) is 11.3 Å². The molecule has 0 radical (unpaired) electrons. The number of carbonyl (C=O) groups is 1. The number of para-hydroxylation sites is 1. The summed E-state index contributed by atoms with van der Waals surface area (Å²) in [7, 11) is 0. The Morgan fingerprint density at radius 1 is 0.778 bits per heavy atom. The maximum Gasteiger partial charge on any atom is 0.251 e. The van der Waals surface area contributed by atoms with Gasteiger partial charge in [0.05, 0.1) is 13.1 Å². The van der Waals surface area contributed by atoms with E-state index >= 15 is 0 Å². The van der Waals surface area contributed by atoms with Gasteiger partial charge in [-0.1, -0.05) is 78.9 Å². The number of benzene rings is 3. The molecule has 0 atom stereocenters. The Morgan fingerprint density at radius 2 is 1.33 bits per heavy atom. The second kappa shape index (κ2) is 7.87. The molecule has 0 unspecified atom stereocenters. The Labute approximate surface area is 159 Å². The fourth-order valence-corrected chi connectivity index (χ4v) is 3.23. The number of nitrogens with zero attached hydrogens (tertiary/aromatic N) is 3. The van der Waals surface area contributed by atoms with Gasteiger partial charge in [0.2, 0.25) is 5.96 Å². The lowest BCUT2D eigenvalue weighted by Gasteiger charge is -2.30. The molecule has 4 rings (SSSR count). The molecule has 0 spiro atoms. The number of hydrogen-bond acceptors (Lipinski definition) is 3. The molecule has 0 aromatic heterocycles. The van der Waals surface area contributed by atoms with Crippen molar-refractivity contribution in [2.45, 2.75) is 13.1 Å². The van der Waals surface area contributed by atoms with Crippen LogP contribution in [0.2, 0.25) is 0 Å². The van der Waals surface area contributed by atoms with Crippen molar-refractivity contribution < 1.29 is 4.79 Å². The van der Waals surface area contributed by atoms with E-state index in [2.05, 4.69) is 34.2 Å². The summed E-state index contributed by atoms with van der Waals surface area (Å²) in [6.07, 6.45) is 0. The molecule has 0 bridgehead atoms. The Balaban J connectivity index is 1.66. The molecule has 0 N–H and O–H groups in total. The highest BCUT2D eigenvalue weighted by Crippen LogP contribution is 2.22. The van der Waals surface area contributed by atoms with Gasteiger partial charge < -0.3 is 4.90 Å². The maximum absolute atomic E-state index is 12.6. The van der Waals surface area contributed by atoms with E-state index in [-0.39, 0.29) is 12.5 Å². The van der Waals surface area contributed by atoms with Crippen molar-refractivity contribution in [3.05, 3.63) is 102 Å². The van der Waals surface area contributed by atoms with Crippen LogP contribution in [0.5, 0.6) is 0 Å². The van der Waals surface area contributed by atoms with Crippen LogP contribution < -0.4 is 4.90 Å². The highest BCUT2D eigenvalue weighted by Gasteiger charge is 2.30. The second-order valence-electron chi connectivity index (χ2n) is 6.49. The molecule has 3 aromatic rings. The summed E-state index contributed by atoms with van der Waals surface area (Å²) in [5.74, 6) is 0.738. The van der Waals surface area contributed by atoms with Crippen LogP contribution in [0.15, 0.2) is 96.0 Å². The van der Waals surface area contributed by atoms with Gasteiger partial charge in [-0.05, 0) is 23.3 Å². The lowest BCUT2D eigenvalue weighted by Crippen LogP contribution is -2.43. The van der Waals surface area contributed by atoms with Gasteiger partial charge in [-0.25, -0.2) is 4.99 Å². The standard InChI is InChI=1S/C23H21N3O/c27-22-16-24-23(26(22)18-20-12-6-2-7-13-20)25(21-14-8-3-9-15-21)17-19-10-4-1-5-11-19/h1-15H,16-18H2. The fourth-order valence-electron chi connectivity index (χ4n) is 3.23. The second-order valence-corrected chi connectivity index (χ2v) is 6.49. The molecule has 134 valence electrons. The van der Waals surface area contributed by atoms with Crippen LogP contribution in [-0.4, -0.2) is 23.3 Å². The summed E-state index contributed by atoms with van der Waals surface area (Å²) in [5.41, 5.74) is 3.28. The first-order chi connectivity index (χ1) is 13.3. The molecule has 4 heteroatoms. The predicted octanol–water partition coefficient (Wildman–Crippen LogP) is 4.09. The maximum atomic E-state index is 12.6. The number of carbonyl (C=O) groups excluding carboxylic acids is 1. The zero-order chi connectivity index (χ0) is 18.5. The molecule has 3 aromatic carbocycles. The van der Waals surface area contributed by atoms with Crippen molar-refractivity contribution in [2.75, 3.05) is 11.4 Å². The van der Waals surface area contributed by atoms with E-state index in [9.17, 15) is 4.79 Å². The summed E-state index contributed by atoms with van der Waals surface area (Å²) in [6.45, 7) is 1.37. The lowest BCUT2D eigenvalue weighted by atomic mass is 10.2. The predicted molar refractivity (Wildman–Crippen MR) is 108 cm³/mol. The van der Waals surface area contributed by atoms with E-state index < -0.39 is 0 Å². The zero-order valence-electron chi connectivity index (χ0n) is 15.0. The molecule has 4 nitrogen and oxygen atoms in total. The molecule has 0 saturated heterocycles. The summed E-state index contributed by atoms with van der Waals surface area (Å²) in [4.78, 5) is 21.0. The highest BCUT2D eigenvalue weighted by molar-refractivity contribution is 6.10. The Morgan fingerprint density at radius 3 is 1.96 bits per heavy atom. The fraction of sp³-hybridized carbons (Fsp3) is 0.130. The van der Waals surface area contributed by atoms with Crippen molar-refractivity contribution in [3.63, 3.8) is 0 Å². The minimum Gasteiger partial charge on any atom is -0.308 e. The Hall–Kier alpha value is -3.40.